The van der Waals surface area contributed by atoms with Crippen molar-refractivity contribution in [3.05, 3.63) is 140 Å². The summed E-state index contributed by atoms with van der Waals surface area (Å²) in [5.41, 5.74) is 8.92. The molecule has 0 N–H and O–H groups in total. The first-order valence-corrected chi connectivity index (χ1v) is 12.8. The van der Waals surface area contributed by atoms with Gasteiger partial charge in [-0.3, -0.25) is 0 Å². The van der Waals surface area contributed by atoms with Crippen molar-refractivity contribution in [2.75, 3.05) is 0 Å². The molecule has 8 aromatic rings. The van der Waals surface area contributed by atoms with Gasteiger partial charge >= 0.3 is 0 Å². The van der Waals surface area contributed by atoms with E-state index in [0.29, 0.717) is 0 Å². The number of hydrogen-bond acceptors (Lipinski definition) is 1. The second-order valence-corrected chi connectivity index (χ2v) is 9.60. The molecule has 0 bridgehead atoms. The molecule has 0 aliphatic rings. The maximum atomic E-state index is 4.56. The molecule has 0 atom stereocenters. The van der Waals surface area contributed by atoms with Gasteiger partial charge in [-0.1, -0.05) is 66.7 Å². The summed E-state index contributed by atoms with van der Waals surface area (Å²) in [7, 11) is 0. The molecule has 0 fully saturated rings. The second-order valence-electron chi connectivity index (χ2n) is 9.60. The summed E-state index contributed by atoms with van der Waals surface area (Å²) in [6, 6.07) is 48.4. The van der Waals surface area contributed by atoms with Crippen LogP contribution in [0.3, 0.4) is 0 Å². The molecular formula is C35H22IrN3-. The summed E-state index contributed by atoms with van der Waals surface area (Å²) in [5, 5.41) is 5.01. The number of hydrogen-bond donors (Lipinski definition) is 0. The Morgan fingerprint density at radius 2 is 1.10 bits per heavy atom. The Hall–Kier alpha value is -4.50. The fourth-order valence-electron chi connectivity index (χ4n) is 5.83. The van der Waals surface area contributed by atoms with Gasteiger partial charge in [-0.15, -0.1) is 29.8 Å². The largest absolute Gasteiger partial charge is 0.327 e. The van der Waals surface area contributed by atoms with Gasteiger partial charge in [-0.25, -0.2) is 0 Å². The van der Waals surface area contributed by atoms with Crippen LogP contribution in [-0.4, -0.2) is 14.1 Å². The molecule has 3 aromatic heterocycles. The molecular weight excluding hydrogens is 655 g/mol. The van der Waals surface area contributed by atoms with Crippen molar-refractivity contribution < 1.29 is 20.1 Å². The van der Waals surface area contributed by atoms with E-state index in [1.165, 1.54) is 43.6 Å². The van der Waals surface area contributed by atoms with Crippen molar-refractivity contribution >= 4 is 43.6 Å². The van der Waals surface area contributed by atoms with E-state index in [1.54, 1.807) is 0 Å². The van der Waals surface area contributed by atoms with Gasteiger partial charge in [-0.05, 0) is 53.8 Å². The normalized spacial score (nSPS) is 11.4. The zero-order valence-electron chi connectivity index (χ0n) is 20.9. The van der Waals surface area contributed by atoms with Gasteiger partial charge < -0.3 is 14.1 Å². The minimum absolute atomic E-state index is 0. The molecule has 5 aromatic carbocycles. The molecule has 0 aliphatic heterocycles. The number of fused-ring (bicyclic) bond motifs is 6. The van der Waals surface area contributed by atoms with Crippen LogP contribution in [-0.2, 0) is 20.1 Å². The van der Waals surface area contributed by atoms with Crippen LogP contribution in [0.1, 0.15) is 0 Å². The van der Waals surface area contributed by atoms with E-state index in [4.69, 9.17) is 0 Å². The summed E-state index contributed by atoms with van der Waals surface area (Å²) < 4.78 is 4.75. The Kier molecular flexibility index (Phi) is 5.66. The van der Waals surface area contributed by atoms with Crippen molar-refractivity contribution in [1.82, 2.24) is 14.1 Å². The van der Waals surface area contributed by atoms with Gasteiger partial charge in [0.2, 0.25) is 0 Å². The number of aromatic nitrogens is 3. The first-order chi connectivity index (χ1) is 18.9. The zero-order valence-corrected chi connectivity index (χ0v) is 23.3. The Balaban J connectivity index is 0.00000253. The average Bonchev–Trinajstić information content (AvgIpc) is 3.49. The van der Waals surface area contributed by atoms with Crippen LogP contribution < -0.4 is 0 Å². The molecule has 4 heteroatoms. The minimum atomic E-state index is 0. The van der Waals surface area contributed by atoms with Crippen LogP contribution in [0, 0.1) is 6.07 Å². The topological polar surface area (TPSA) is 22.8 Å². The second kappa shape index (κ2) is 9.36. The van der Waals surface area contributed by atoms with E-state index >= 15 is 0 Å². The molecule has 3 nitrogen and oxygen atoms in total. The van der Waals surface area contributed by atoms with Crippen LogP contribution in [0.5, 0.6) is 0 Å². The van der Waals surface area contributed by atoms with Gasteiger partial charge in [0.1, 0.15) is 0 Å². The molecule has 0 aliphatic carbocycles. The van der Waals surface area contributed by atoms with E-state index < -0.39 is 0 Å². The van der Waals surface area contributed by atoms with Crippen LogP contribution in [0.4, 0.5) is 0 Å². The number of nitrogens with zero attached hydrogens (tertiary/aromatic N) is 3. The van der Waals surface area contributed by atoms with E-state index in [-0.39, 0.29) is 20.1 Å². The third kappa shape index (κ3) is 3.64. The van der Waals surface area contributed by atoms with Crippen molar-refractivity contribution in [3.8, 4) is 22.6 Å². The summed E-state index contributed by atoms with van der Waals surface area (Å²) in [5.74, 6) is 0. The van der Waals surface area contributed by atoms with Crippen molar-refractivity contribution in [2.45, 2.75) is 0 Å². The first kappa shape index (κ1) is 23.6. The standard InChI is InChI=1S/C35H22N3.Ir/c1-2-12-25(13-3-1)37-32-18-6-4-15-27(32)29-22-30-28-16-5-7-19-33(28)38(35(30)23-34(29)37)26-14-10-11-24(21-26)31-17-8-9-20-36-31;/h1-10,12-23H;/q-1;. The Bertz CT molecular complexity index is 2120. The molecule has 187 valence electrons. The monoisotopic (exact) mass is 677 g/mol. The molecule has 0 amide bonds. The van der Waals surface area contributed by atoms with Gasteiger partial charge in [0.25, 0.3) is 0 Å². The zero-order chi connectivity index (χ0) is 25.1. The third-order valence-corrected chi connectivity index (χ3v) is 7.46. The van der Waals surface area contributed by atoms with Crippen molar-refractivity contribution in [2.24, 2.45) is 0 Å². The molecule has 3 heterocycles. The third-order valence-electron chi connectivity index (χ3n) is 7.46. The quantitative estimate of drug-likeness (QED) is 0.172. The fourth-order valence-corrected chi connectivity index (χ4v) is 5.83. The molecule has 0 saturated heterocycles. The Labute approximate surface area is 239 Å². The average molecular weight is 677 g/mol. The maximum absolute atomic E-state index is 4.56. The number of pyridine rings is 1. The van der Waals surface area contributed by atoms with Crippen molar-refractivity contribution in [1.29, 1.82) is 0 Å². The van der Waals surface area contributed by atoms with Gasteiger partial charge in [0, 0.05) is 53.5 Å². The van der Waals surface area contributed by atoms with E-state index in [0.717, 1.165) is 22.6 Å². The van der Waals surface area contributed by atoms with E-state index in [9.17, 15) is 0 Å². The SMILES string of the molecule is [Ir].[c-]1ccc(-n2c3ccccc3c3cc4c5ccccc5n(-c5ccccc5)c4cc32)cc1-c1ccccn1. The Morgan fingerprint density at radius 1 is 0.487 bits per heavy atom. The maximum Gasteiger partial charge on any atom is 0.0562 e. The molecule has 0 spiro atoms. The molecule has 0 unspecified atom stereocenters. The van der Waals surface area contributed by atoms with Crippen LogP contribution >= 0.6 is 0 Å². The van der Waals surface area contributed by atoms with Gasteiger partial charge in [0.15, 0.2) is 0 Å². The molecule has 1 radical (unpaired) electrons. The Morgan fingerprint density at radius 3 is 1.77 bits per heavy atom. The first-order valence-electron chi connectivity index (χ1n) is 12.8. The van der Waals surface area contributed by atoms with Gasteiger partial charge in [-0.2, -0.15) is 0 Å². The predicted octanol–water partition coefficient (Wildman–Crippen LogP) is 8.74. The molecule has 39 heavy (non-hydrogen) atoms. The van der Waals surface area contributed by atoms with Crippen LogP contribution in [0.15, 0.2) is 134 Å². The minimum Gasteiger partial charge on any atom is -0.327 e. The van der Waals surface area contributed by atoms with Crippen LogP contribution in [0.2, 0.25) is 0 Å². The molecule has 0 saturated carbocycles. The van der Waals surface area contributed by atoms with E-state index in [2.05, 4.69) is 123 Å². The summed E-state index contributed by atoms with van der Waals surface area (Å²) >= 11 is 0. The predicted molar refractivity (Wildman–Crippen MR) is 157 cm³/mol. The fraction of sp³-hybridized carbons (Fsp3) is 0. The summed E-state index contributed by atoms with van der Waals surface area (Å²) in [4.78, 5) is 4.56. The molecule has 8 rings (SSSR count). The number of rotatable bonds is 3. The summed E-state index contributed by atoms with van der Waals surface area (Å²) in [6.45, 7) is 0. The van der Waals surface area contributed by atoms with E-state index in [1.807, 2.05) is 30.5 Å². The van der Waals surface area contributed by atoms with Crippen molar-refractivity contribution in [3.63, 3.8) is 0 Å². The number of benzene rings is 5. The van der Waals surface area contributed by atoms with Crippen LogP contribution in [0.25, 0.3) is 66.2 Å². The number of para-hydroxylation sites is 3. The van der Waals surface area contributed by atoms with Gasteiger partial charge in [0.05, 0.1) is 22.1 Å². The smallest absolute Gasteiger partial charge is 0.0562 e. The summed E-state index contributed by atoms with van der Waals surface area (Å²) in [6.07, 6.45) is 1.83.